The van der Waals surface area contributed by atoms with Crippen molar-refractivity contribution in [3.8, 4) is 0 Å². The molecule has 1 aromatic carbocycles. The summed E-state index contributed by atoms with van der Waals surface area (Å²) in [5.41, 5.74) is 2.46. The standard InChI is InChI=1S/C19H24N2O2/c1-12(14-6-8-15(9-7-14)19(3,4)5)10-17(22)16-11-18(23)21-13(2)20-16/h6-9,11-12H,10H2,1-5H3,(H,20,21,23). The fraction of sp³-hybridized carbons (Fsp3) is 0.421. The van der Waals surface area contributed by atoms with Gasteiger partial charge in [0.25, 0.3) is 5.56 Å². The highest BCUT2D eigenvalue weighted by Crippen LogP contribution is 2.26. The third-order valence-corrected chi connectivity index (χ3v) is 3.98. The normalized spacial score (nSPS) is 12.9. The Balaban J connectivity index is 2.13. The Morgan fingerprint density at radius 3 is 2.35 bits per heavy atom. The van der Waals surface area contributed by atoms with Crippen molar-refractivity contribution in [2.45, 2.75) is 52.4 Å². The van der Waals surface area contributed by atoms with E-state index in [1.165, 1.54) is 11.6 Å². The molecule has 2 rings (SSSR count). The van der Waals surface area contributed by atoms with Gasteiger partial charge >= 0.3 is 0 Å². The SMILES string of the molecule is Cc1nc(C(=O)CC(C)c2ccc(C(C)(C)C)cc2)cc(=O)[nH]1. The molecule has 0 radical (unpaired) electrons. The lowest BCUT2D eigenvalue weighted by molar-refractivity contribution is 0.0970. The summed E-state index contributed by atoms with van der Waals surface area (Å²) in [6.45, 7) is 10.2. The number of H-pyrrole nitrogens is 1. The Bertz CT molecular complexity index is 752. The molecule has 4 nitrogen and oxygen atoms in total. The molecule has 0 aliphatic carbocycles. The van der Waals surface area contributed by atoms with E-state index in [-0.39, 0.29) is 28.4 Å². The van der Waals surface area contributed by atoms with Gasteiger partial charge in [0.15, 0.2) is 5.78 Å². The van der Waals surface area contributed by atoms with Crippen LogP contribution in [0.25, 0.3) is 0 Å². The Morgan fingerprint density at radius 1 is 1.22 bits per heavy atom. The molecule has 2 aromatic rings. The molecule has 0 bridgehead atoms. The first-order valence-corrected chi connectivity index (χ1v) is 7.88. The lowest BCUT2D eigenvalue weighted by Crippen LogP contribution is -2.15. The van der Waals surface area contributed by atoms with Gasteiger partial charge in [0.2, 0.25) is 0 Å². The summed E-state index contributed by atoms with van der Waals surface area (Å²) < 4.78 is 0. The molecule has 0 saturated carbocycles. The van der Waals surface area contributed by atoms with Gasteiger partial charge in [-0.2, -0.15) is 0 Å². The summed E-state index contributed by atoms with van der Waals surface area (Å²) in [4.78, 5) is 30.5. The van der Waals surface area contributed by atoms with Crippen LogP contribution in [0.3, 0.4) is 0 Å². The number of hydrogen-bond acceptors (Lipinski definition) is 3. The molecule has 0 aliphatic rings. The number of rotatable bonds is 4. The zero-order chi connectivity index (χ0) is 17.2. The van der Waals surface area contributed by atoms with Gasteiger partial charge in [-0.1, -0.05) is 52.0 Å². The number of nitrogens with one attached hydrogen (secondary N) is 1. The topological polar surface area (TPSA) is 62.8 Å². The lowest BCUT2D eigenvalue weighted by Gasteiger charge is -2.20. The first kappa shape index (κ1) is 17.1. The number of hydrogen-bond donors (Lipinski definition) is 1. The molecule has 0 aliphatic heterocycles. The fourth-order valence-corrected chi connectivity index (χ4v) is 2.53. The number of ketones is 1. The Hall–Kier alpha value is -2.23. The van der Waals surface area contributed by atoms with Gasteiger partial charge in [0, 0.05) is 12.5 Å². The number of aromatic nitrogens is 2. The second kappa shape index (κ2) is 6.49. The van der Waals surface area contributed by atoms with E-state index in [9.17, 15) is 9.59 Å². The fourth-order valence-electron chi connectivity index (χ4n) is 2.53. The minimum absolute atomic E-state index is 0.0814. The lowest BCUT2D eigenvalue weighted by atomic mass is 9.85. The number of aromatic amines is 1. The third-order valence-electron chi connectivity index (χ3n) is 3.98. The molecule has 1 N–H and O–H groups in total. The number of carbonyl (C=O) groups excluding carboxylic acids is 1. The highest BCUT2D eigenvalue weighted by molar-refractivity contribution is 5.94. The summed E-state index contributed by atoms with van der Waals surface area (Å²) in [7, 11) is 0. The molecule has 0 saturated heterocycles. The first-order valence-electron chi connectivity index (χ1n) is 7.88. The summed E-state index contributed by atoms with van der Waals surface area (Å²) in [6.07, 6.45) is 0.338. The van der Waals surface area contributed by atoms with Gasteiger partial charge in [0.05, 0.1) is 0 Å². The number of nitrogens with zero attached hydrogens (tertiary/aromatic N) is 1. The van der Waals surface area contributed by atoms with Crippen LogP contribution in [0.1, 0.15) is 67.5 Å². The van der Waals surface area contributed by atoms with Crippen LogP contribution in [0.15, 0.2) is 35.1 Å². The molecule has 1 atom stereocenters. The molecule has 1 heterocycles. The average molecular weight is 312 g/mol. The number of benzene rings is 1. The van der Waals surface area contributed by atoms with Crippen LogP contribution in [-0.4, -0.2) is 15.8 Å². The highest BCUT2D eigenvalue weighted by atomic mass is 16.1. The summed E-state index contributed by atoms with van der Waals surface area (Å²) in [5, 5.41) is 0. The second-order valence-corrected chi connectivity index (χ2v) is 7.12. The zero-order valence-electron chi connectivity index (χ0n) is 14.4. The number of aryl methyl sites for hydroxylation is 1. The van der Waals surface area contributed by atoms with Gasteiger partial charge in [-0.3, -0.25) is 9.59 Å². The maximum Gasteiger partial charge on any atom is 0.251 e. The number of carbonyl (C=O) groups is 1. The van der Waals surface area contributed by atoms with Crippen LogP contribution < -0.4 is 5.56 Å². The van der Waals surface area contributed by atoms with Gasteiger partial charge in [-0.15, -0.1) is 0 Å². The van der Waals surface area contributed by atoms with E-state index in [4.69, 9.17) is 0 Å². The van der Waals surface area contributed by atoms with Crippen molar-refractivity contribution in [3.05, 3.63) is 63.3 Å². The molecule has 1 unspecified atom stereocenters. The Morgan fingerprint density at radius 2 is 1.83 bits per heavy atom. The maximum atomic E-state index is 12.3. The Kier molecular flexibility index (Phi) is 4.83. The van der Waals surface area contributed by atoms with Gasteiger partial charge in [0.1, 0.15) is 11.5 Å². The van der Waals surface area contributed by atoms with E-state index in [0.717, 1.165) is 5.56 Å². The molecule has 0 amide bonds. The third kappa shape index (κ3) is 4.38. The smallest absolute Gasteiger partial charge is 0.251 e. The quantitative estimate of drug-likeness (QED) is 0.874. The van der Waals surface area contributed by atoms with E-state index in [1.54, 1.807) is 6.92 Å². The maximum absolute atomic E-state index is 12.3. The van der Waals surface area contributed by atoms with Crippen molar-refractivity contribution in [1.29, 1.82) is 0 Å². The van der Waals surface area contributed by atoms with Crippen molar-refractivity contribution in [2.24, 2.45) is 0 Å². The van der Waals surface area contributed by atoms with Crippen molar-refractivity contribution >= 4 is 5.78 Å². The average Bonchev–Trinajstić information content (AvgIpc) is 2.45. The predicted molar refractivity (Wildman–Crippen MR) is 92.1 cm³/mol. The van der Waals surface area contributed by atoms with E-state index in [2.05, 4.69) is 55.0 Å². The van der Waals surface area contributed by atoms with Crippen molar-refractivity contribution in [3.63, 3.8) is 0 Å². The van der Waals surface area contributed by atoms with Gasteiger partial charge in [-0.25, -0.2) is 4.98 Å². The molecule has 122 valence electrons. The van der Waals surface area contributed by atoms with Crippen LogP contribution in [0.4, 0.5) is 0 Å². The van der Waals surface area contributed by atoms with Crippen molar-refractivity contribution in [1.82, 2.24) is 9.97 Å². The second-order valence-electron chi connectivity index (χ2n) is 7.12. The summed E-state index contributed by atoms with van der Waals surface area (Å²) >= 11 is 0. The highest BCUT2D eigenvalue weighted by Gasteiger charge is 2.17. The van der Waals surface area contributed by atoms with Crippen LogP contribution in [-0.2, 0) is 5.41 Å². The van der Waals surface area contributed by atoms with E-state index in [0.29, 0.717) is 12.2 Å². The monoisotopic (exact) mass is 312 g/mol. The van der Waals surface area contributed by atoms with Crippen molar-refractivity contribution in [2.75, 3.05) is 0 Å². The molecule has 0 fully saturated rings. The van der Waals surface area contributed by atoms with Crippen LogP contribution in [0, 0.1) is 6.92 Å². The molecular formula is C19H24N2O2. The summed E-state index contributed by atoms with van der Waals surface area (Å²) in [5.74, 6) is 0.438. The molecule has 23 heavy (non-hydrogen) atoms. The van der Waals surface area contributed by atoms with Gasteiger partial charge < -0.3 is 4.98 Å². The van der Waals surface area contributed by atoms with Gasteiger partial charge in [-0.05, 0) is 29.4 Å². The minimum atomic E-state index is -0.289. The molecule has 0 spiro atoms. The van der Waals surface area contributed by atoms with E-state index >= 15 is 0 Å². The predicted octanol–water partition coefficient (Wildman–Crippen LogP) is 3.75. The molecular weight excluding hydrogens is 288 g/mol. The molecule has 1 aromatic heterocycles. The van der Waals surface area contributed by atoms with E-state index < -0.39 is 0 Å². The largest absolute Gasteiger partial charge is 0.311 e. The summed E-state index contributed by atoms with van der Waals surface area (Å²) in [6, 6.07) is 9.66. The zero-order valence-corrected chi connectivity index (χ0v) is 14.4. The molecule has 4 heteroatoms. The van der Waals surface area contributed by atoms with Crippen LogP contribution in [0.2, 0.25) is 0 Å². The van der Waals surface area contributed by atoms with Crippen LogP contribution >= 0.6 is 0 Å². The van der Waals surface area contributed by atoms with Crippen LogP contribution in [0.5, 0.6) is 0 Å². The van der Waals surface area contributed by atoms with Crippen molar-refractivity contribution < 1.29 is 4.79 Å². The first-order chi connectivity index (χ1) is 10.7. The minimum Gasteiger partial charge on any atom is -0.311 e. The van der Waals surface area contributed by atoms with E-state index in [1.807, 2.05) is 6.92 Å². The number of Topliss-reactive ketones (excluding diaryl/α,β-unsaturated/α-hetero) is 1. The Labute approximate surface area is 137 Å².